The fraction of sp³-hybridized carbons (Fsp3) is 0.478. The number of benzene rings is 4. The largest absolute Gasteiger partial charge is 0.502 e. The van der Waals surface area contributed by atoms with E-state index in [1.165, 1.54) is 28.4 Å². The molecule has 0 amide bonds. The summed E-state index contributed by atoms with van der Waals surface area (Å²) in [4.78, 5) is 0. The lowest BCUT2D eigenvalue weighted by Gasteiger charge is -2.26. The quantitative estimate of drug-likeness (QED) is 0.110. The molecule has 8 atom stereocenters. The van der Waals surface area contributed by atoms with Crippen LogP contribution >= 0.6 is 0 Å². The van der Waals surface area contributed by atoms with E-state index < -0.39 is 24.8 Å². The molecule has 0 bridgehead atoms. The lowest BCUT2D eigenvalue weighted by Crippen LogP contribution is -2.29. The standard InChI is InChI=1S/C46H58O15/c1-21-23(3)45(59-39(21)27-19-33(53-9)41(55-11)43(57-13)35(27)25-15-29(49-5)37(47)30(16-25)50-6)61-46-24(4)22(2)40(60-46)28-20-34(54-10)42(56-12)44(58-14)36(28)26-17-31(51-7)38(48)32(18-26)52-8/h15-24,39-40,45-48H,1-14H3/t21-,22-,23+,24+,39-,40-,45-,46-/m1/s1. The van der Waals surface area contributed by atoms with Gasteiger partial charge in [-0.05, 0) is 70.5 Å². The number of phenols is 2. The number of phenolic OH excluding ortho intramolecular Hbond substituents is 2. The minimum absolute atomic E-state index is 0.0847. The monoisotopic (exact) mass is 850 g/mol. The Morgan fingerprint density at radius 1 is 0.377 bits per heavy atom. The Balaban J connectivity index is 1.41. The zero-order valence-corrected chi connectivity index (χ0v) is 37.3. The highest BCUT2D eigenvalue weighted by Crippen LogP contribution is 2.57. The molecule has 15 nitrogen and oxygen atoms in total. The van der Waals surface area contributed by atoms with E-state index in [4.69, 9.17) is 61.6 Å². The van der Waals surface area contributed by atoms with Crippen molar-refractivity contribution in [2.24, 2.45) is 23.7 Å². The number of hydrogen-bond donors (Lipinski definition) is 2. The van der Waals surface area contributed by atoms with Gasteiger partial charge in [0.25, 0.3) is 0 Å². The number of methoxy groups -OCH3 is 10. The van der Waals surface area contributed by atoms with Gasteiger partial charge in [0.1, 0.15) is 0 Å². The van der Waals surface area contributed by atoms with Crippen LogP contribution in [0.5, 0.6) is 69.0 Å². The van der Waals surface area contributed by atoms with E-state index in [0.29, 0.717) is 56.8 Å². The Kier molecular flexibility index (Phi) is 13.6. The molecule has 0 unspecified atom stereocenters. The first-order chi connectivity index (χ1) is 29.3. The second-order valence-electron chi connectivity index (χ2n) is 15.1. The van der Waals surface area contributed by atoms with Crippen LogP contribution in [0.2, 0.25) is 0 Å². The van der Waals surface area contributed by atoms with Gasteiger partial charge in [-0.3, -0.25) is 0 Å². The van der Waals surface area contributed by atoms with Crippen LogP contribution < -0.4 is 47.4 Å². The molecule has 0 saturated carbocycles. The number of aromatic hydroxyl groups is 2. The van der Waals surface area contributed by atoms with Crippen LogP contribution in [0.15, 0.2) is 36.4 Å². The van der Waals surface area contributed by atoms with Crippen molar-refractivity contribution in [3.8, 4) is 91.2 Å². The van der Waals surface area contributed by atoms with Crippen molar-refractivity contribution >= 4 is 0 Å². The van der Waals surface area contributed by atoms with Crippen molar-refractivity contribution in [1.82, 2.24) is 0 Å². The molecule has 0 radical (unpaired) electrons. The summed E-state index contributed by atoms with van der Waals surface area (Å²) in [6.45, 7) is 8.39. The summed E-state index contributed by atoms with van der Waals surface area (Å²) >= 11 is 0. The van der Waals surface area contributed by atoms with Crippen LogP contribution in [-0.4, -0.2) is 93.9 Å². The number of ether oxygens (including phenoxy) is 13. The fourth-order valence-electron chi connectivity index (χ4n) is 8.46. The molecule has 2 fully saturated rings. The molecule has 4 aromatic carbocycles. The minimum Gasteiger partial charge on any atom is -0.502 e. The second-order valence-corrected chi connectivity index (χ2v) is 15.1. The minimum atomic E-state index is -0.695. The smallest absolute Gasteiger partial charge is 0.203 e. The third-order valence-corrected chi connectivity index (χ3v) is 12.2. The fourth-order valence-corrected chi connectivity index (χ4v) is 8.46. The summed E-state index contributed by atoms with van der Waals surface area (Å²) in [7, 11) is 15.2. The third kappa shape index (κ3) is 7.78. The molecule has 0 aliphatic carbocycles. The van der Waals surface area contributed by atoms with Crippen molar-refractivity contribution in [3.05, 3.63) is 47.5 Å². The highest BCUT2D eigenvalue weighted by molar-refractivity contribution is 5.84. The third-order valence-electron chi connectivity index (χ3n) is 12.2. The summed E-state index contributed by atoms with van der Waals surface area (Å²) in [6, 6.07) is 10.6. The first kappa shape index (κ1) is 44.9. The maximum Gasteiger partial charge on any atom is 0.203 e. The van der Waals surface area contributed by atoms with Crippen molar-refractivity contribution in [1.29, 1.82) is 0 Å². The number of rotatable bonds is 16. The topological polar surface area (TPSA) is 160 Å². The van der Waals surface area contributed by atoms with Crippen molar-refractivity contribution in [2.75, 3.05) is 71.1 Å². The molecule has 15 heteroatoms. The van der Waals surface area contributed by atoms with Gasteiger partial charge in [0.05, 0.1) is 83.3 Å². The van der Waals surface area contributed by atoms with Crippen molar-refractivity contribution in [3.63, 3.8) is 0 Å². The van der Waals surface area contributed by atoms with Crippen LogP contribution in [-0.2, 0) is 14.2 Å². The molecular formula is C46H58O15. The Morgan fingerprint density at radius 2 is 0.672 bits per heavy atom. The van der Waals surface area contributed by atoms with E-state index in [0.717, 1.165) is 11.1 Å². The Morgan fingerprint density at radius 3 is 0.934 bits per heavy atom. The van der Waals surface area contributed by atoms with Gasteiger partial charge in [0.2, 0.25) is 23.0 Å². The van der Waals surface area contributed by atoms with Gasteiger partial charge in [0.15, 0.2) is 58.6 Å². The summed E-state index contributed by atoms with van der Waals surface area (Å²) in [5, 5.41) is 21.6. The van der Waals surface area contributed by atoms with E-state index in [9.17, 15) is 10.2 Å². The molecular weight excluding hydrogens is 792 g/mol. The van der Waals surface area contributed by atoms with Gasteiger partial charge in [0, 0.05) is 23.0 Å². The van der Waals surface area contributed by atoms with Gasteiger partial charge >= 0.3 is 0 Å². The molecule has 4 aromatic rings. The van der Waals surface area contributed by atoms with Gasteiger partial charge in [-0.1, -0.05) is 27.7 Å². The lowest BCUT2D eigenvalue weighted by molar-refractivity contribution is -0.252. The Bertz CT molecular complexity index is 2000. The molecule has 0 aromatic heterocycles. The summed E-state index contributed by atoms with van der Waals surface area (Å²) < 4.78 is 78.2. The van der Waals surface area contributed by atoms with Crippen molar-refractivity contribution < 1.29 is 71.8 Å². The zero-order chi connectivity index (χ0) is 44.4. The second kappa shape index (κ2) is 18.5. The van der Waals surface area contributed by atoms with Gasteiger partial charge in [-0.25, -0.2) is 0 Å². The Labute approximate surface area is 357 Å². The van der Waals surface area contributed by atoms with Crippen LogP contribution in [0.4, 0.5) is 0 Å². The molecule has 61 heavy (non-hydrogen) atoms. The van der Waals surface area contributed by atoms with Gasteiger partial charge in [-0.2, -0.15) is 0 Å². The van der Waals surface area contributed by atoms with E-state index in [1.807, 2.05) is 12.1 Å². The number of hydrogen-bond acceptors (Lipinski definition) is 15. The molecule has 2 saturated heterocycles. The maximum atomic E-state index is 10.8. The predicted octanol–water partition coefficient (Wildman–Crippen LogP) is 8.57. The van der Waals surface area contributed by atoms with Gasteiger partial charge < -0.3 is 71.8 Å². The molecule has 6 rings (SSSR count). The van der Waals surface area contributed by atoms with Crippen LogP contribution in [0, 0.1) is 23.7 Å². The van der Waals surface area contributed by atoms with Crippen LogP contribution in [0.25, 0.3) is 22.3 Å². The zero-order valence-electron chi connectivity index (χ0n) is 37.3. The molecule has 2 N–H and O–H groups in total. The highest BCUT2D eigenvalue weighted by Gasteiger charge is 2.48. The average Bonchev–Trinajstić information content (AvgIpc) is 3.72. The lowest BCUT2D eigenvalue weighted by atomic mass is 9.85. The van der Waals surface area contributed by atoms with Crippen molar-refractivity contribution in [2.45, 2.75) is 52.5 Å². The molecule has 2 aliphatic heterocycles. The van der Waals surface area contributed by atoms with Crippen LogP contribution in [0.3, 0.4) is 0 Å². The van der Waals surface area contributed by atoms with E-state index in [-0.39, 0.29) is 58.2 Å². The summed E-state index contributed by atoms with van der Waals surface area (Å²) in [5.41, 5.74) is 4.01. The molecule has 2 heterocycles. The van der Waals surface area contributed by atoms with E-state index in [1.54, 1.807) is 66.9 Å². The van der Waals surface area contributed by atoms with Crippen LogP contribution in [0.1, 0.15) is 51.0 Å². The summed E-state index contributed by atoms with van der Waals surface area (Å²) in [6.07, 6.45) is -2.44. The van der Waals surface area contributed by atoms with Gasteiger partial charge in [-0.15, -0.1) is 0 Å². The SMILES string of the molecule is COc1cc(-c2c([C@@H]3O[C@H](O[C@H]4O[C@@H](c5cc(OC)c(OC)c(OC)c5-c5cc(OC)c(O)c(OC)c5)[C@H](C)[C@@H]4C)[C@@H](C)[C@H]3C)cc(OC)c(OC)c2OC)cc(OC)c1O. The predicted molar refractivity (Wildman–Crippen MR) is 226 cm³/mol. The Hall–Kier alpha value is -5.64. The molecule has 0 spiro atoms. The summed E-state index contributed by atoms with van der Waals surface area (Å²) in [5.74, 6) is 2.61. The normalized spacial score (nSPS) is 23.3. The molecule has 332 valence electrons. The van der Waals surface area contributed by atoms with E-state index >= 15 is 0 Å². The first-order valence-electron chi connectivity index (χ1n) is 19.8. The first-order valence-corrected chi connectivity index (χ1v) is 19.8. The molecule has 2 aliphatic rings. The highest BCUT2D eigenvalue weighted by atomic mass is 16.8. The maximum absolute atomic E-state index is 10.8. The average molecular weight is 851 g/mol. The van der Waals surface area contributed by atoms with E-state index in [2.05, 4.69) is 27.7 Å².